The first-order valence-corrected chi connectivity index (χ1v) is 9.23. The molecule has 1 aromatic rings. The highest BCUT2D eigenvalue weighted by Gasteiger charge is 2.52. The molecule has 1 N–H and O–H groups in total. The Morgan fingerprint density at radius 1 is 1.33 bits per heavy atom. The maximum absolute atomic E-state index is 12.9. The molecule has 9 heteroatoms. The molecular weight excluding hydrogens is 338 g/mol. The topological polar surface area (TPSA) is 114 Å². The van der Waals surface area contributed by atoms with Crippen molar-refractivity contribution in [3.05, 3.63) is 17.9 Å². The molecule has 24 heavy (non-hydrogen) atoms. The third-order valence-corrected chi connectivity index (χ3v) is 6.65. The number of carbonyl (C=O) groups excluding carboxylic acids is 1. The smallest absolute Gasteiger partial charge is 0.341 e. The quantitative estimate of drug-likeness (QED) is 0.812. The van der Waals surface area contributed by atoms with Crippen molar-refractivity contribution in [1.82, 2.24) is 4.31 Å². The Hall–Kier alpha value is -1.87. The molecule has 8 nitrogen and oxygen atoms in total. The first-order valence-electron chi connectivity index (χ1n) is 7.79. The third-order valence-electron chi connectivity index (χ3n) is 4.84. The number of nitrogens with zero attached hydrogens (tertiary/aromatic N) is 1. The number of furan rings is 1. The molecule has 1 aliphatic heterocycles. The van der Waals surface area contributed by atoms with Crippen LogP contribution in [0.15, 0.2) is 21.8 Å². The van der Waals surface area contributed by atoms with Crippen molar-refractivity contribution in [2.45, 2.75) is 49.3 Å². The first kappa shape index (κ1) is 17.0. The van der Waals surface area contributed by atoms with Gasteiger partial charge in [0.25, 0.3) is 10.0 Å². The zero-order chi connectivity index (χ0) is 17.5. The fraction of sp³-hybridized carbons (Fsp3) is 0.600. The van der Waals surface area contributed by atoms with E-state index in [0.29, 0.717) is 12.8 Å². The molecule has 1 saturated carbocycles. The van der Waals surface area contributed by atoms with E-state index >= 15 is 0 Å². The van der Waals surface area contributed by atoms with Gasteiger partial charge in [-0.3, -0.25) is 4.79 Å². The van der Waals surface area contributed by atoms with Crippen molar-refractivity contribution in [2.75, 3.05) is 7.11 Å². The summed E-state index contributed by atoms with van der Waals surface area (Å²) in [6, 6.07) is -0.359. The Balaban J connectivity index is 1.98. The molecule has 0 amide bonds. The maximum atomic E-state index is 12.9. The highest BCUT2D eigenvalue weighted by atomic mass is 32.2. The van der Waals surface area contributed by atoms with Crippen LogP contribution in [0.25, 0.3) is 0 Å². The summed E-state index contributed by atoms with van der Waals surface area (Å²) in [5, 5.41) is 9.03. The summed E-state index contributed by atoms with van der Waals surface area (Å²) in [4.78, 5) is 23.1. The van der Waals surface area contributed by atoms with E-state index in [9.17, 15) is 23.1 Å². The lowest BCUT2D eigenvalue weighted by Crippen LogP contribution is -2.45. The van der Waals surface area contributed by atoms with Gasteiger partial charge in [-0.05, 0) is 25.2 Å². The molecule has 0 spiro atoms. The molecule has 0 bridgehead atoms. The zero-order valence-corrected chi connectivity index (χ0v) is 14.0. The van der Waals surface area contributed by atoms with E-state index in [1.54, 1.807) is 0 Å². The van der Waals surface area contributed by atoms with Crippen LogP contribution in [0.2, 0.25) is 0 Å². The van der Waals surface area contributed by atoms with Gasteiger partial charge in [-0.25, -0.2) is 13.2 Å². The monoisotopic (exact) mass is 357 g/mol. The summed E-state index contributed by atoms with van der Waals surface area (Å²) < 4.78 is 36.5. The molecule has 3 atom stereocenters. The summed E-state index contributed by atoms with van der Waals surface area (Å²) >= 11 is 0. The van der Waals surface area contributed by atoms with Gasteiger partial charge in [-0.2, -0.15) is 4.31 Å². The van der Waals surface area contributed by atoms with Crippen LogP contribution < -0.4 is 0 Å². The lowest BCUT2D eigenvalue weighted by atomic mass is 9.85. The average Bonchev–Trinajstić information content (AvgIpc) is 3.19. The highest BCUT2D eigenvalue weighted by molar-refractivity contribution is 7.89. The van der Waals surface area contributed by atoms with E-state index < -0.39 is 33.1 Å². The molecular formula is C15H19NO7S. The number of methoxy groups -OCH3 is 1. The van der Waals surface area contributed by atoms with Crippen LogP contribution in [0.5, 0.6) is 0 Å². The number of carboxylic acid groups (broad SMARTS) is 1. The van der Waals surface area contributed by atoms with Crippen molar-refractivity contribution in [3.8, 4) is 0 Å². The fourth-order valence-corrected chi connectivity index (χ4v) is 5.55. The van der Waals surface area contributed by atoms with Crippen molar-refractivity contribution >= 4 is 22.0 Å². The minimum absolute atomic E-state index is 0.0256. The second-order valence-electron chi connectivity index (χ2n) is 6.18. The van der Waals surface area contributed by atoms with Crippen LogP contribution in [0.1, 0.15) is 42.5 Å². The number of fused-ring (bicyclic) bond motifs is 1. The molecule has 3 rings (SSSR count). The summed E-state index contributed by atoms with van der Waals surface area (Å²) in [6.07, 6.45) is 4.62. The normalized spacial score (nSPS) is 27.6. The number of hydrogen-bond acceptors (Lipinski definition) is 6. The summed E-state index contributed by atoms with van der Waals surface area (Å²) in [5.74, 6) is -1.83. The minimum Gasteiger partial charge on any atom is -0.480 e. The number of carboxylic acids is 1. The number of ether oxygens (including phenoxy) is 1. The number of esters is 1. The highest BCUT2D eigenvalue weighted by Crippen LogP contribution is 2.42. The second kappa shape index (κ2) is 6.21. The number of hydrogen-bond donors (Lipinski definition) is 1. The van der Waals surface area contributed by atoms with Gasteiger partial charge >= 0.3 is 11.9 Å². The van der Waals surface area contributed by atoms with E-state index in [1.165, 1.54) is 7.11 Å². The predicted molar refractivity (Wildman–Crippen MR) is 80.9 cm³/mol. The Labute approximate surface area is 139 Å². The Morgan fingerprint density at radius 2 is 2.04 bits per heavy atom. The second-order valence-corrected chi connectivity index (χ2v) is 7.96. The van der Waals surface area contributed by atoms with Gasteiger partial charge in [0.15, 0.2) is 0 Å². The molecule has 0 aromatic carbocycles. The van der Waals surface area contributed by atoms with E-state index in [1.807, 2.05) is 0 Å². The molecule has 1 aromatic heterocycles. The Kier molecular flexibility index (Phi) is 4.39. The van der Waals surface area contributed by atoms with Gasteiger partial charge < -0.3 is 14.3 Å². The van der Waals surface area contributed by atoms with Gasteiger partial charge in [0, 0.05) is 12.1 Å². The minimum atomic E-state index is -4.15. The molecule has 2 fully saturated rings. The summed E-state index contributed by atoms with van der Waals surface area (Å²) in [7, 11) is -2.97. The maximum Gasteiger partial charge on any atom is 0.341 e. The van der Waals surface area contributed by atoms with Crippen LogP contribution in [0.3, 0.4) is 0 Å². The van der Waals surface area contributed by atoms with Gasteiger partial charge in [-0.1, -0.05) is 12.8 Å². The lowest BCUT2D eigenvalue weighted by molar-refractivity contribution is -0.141. The van der Waals surface area contributed by atoms with Crippen molar-refractivity contribution in [1.29, 1.82) is 0 Å². The van der Waals surface area contributed by atoms with Crippen LogP contribution in [0.4, 0.5) is 0 Å². The fourth-order valence-electron chi connectivity index (χ4n) is 3.76. The van der Waals surface area contributed by atoms with E-state index in [4.69, 9.17) is 4.42 Å². The summed E-state index contributed by atoms with van der Waals surface area (Å²) in [5.41, 5.74) is -0.0256. The average molecular weight is 357 g/mol. The molecule has 132 valence electrons. The van der Waals surface area contributed by atoms with Crippen LogP contribution in [-0.4, -0.2) is 49.0 Å². The van der Waals surface area contributed by atoms with Gasteiger partial charge in [0.05, 0.1) is 12.7 Å². The van der Waals surface area contributed by atoms with Crippen LogP contribution in [0, 0.1) is 5.92 Å². The molecule has 2 heterocycles. The number of carbonyl (C=O) groups is 2. The van der Waals surface area contributed by atoms with Gasteiger partial charge in [-0.15, -0.1) is 0 Å². The number of aliphatic carboxylic acids is 1. The van der Waals surface area contributed by atoms with Gasteiger partial charge in [0.2, 0.25) is 5.09 Å². The zero-order valence-electron chi connectivity index (χ0n) is 13.2. The molecule has 2 aliphatic rings. The van der Waals surface area contributed by atoms with E-state index in [-0.39, 0.29) is 17.5 Å². The van der Waals surface area contributed by atoms with Crippen molar-refractivity contribution < 1.29 is 32.3 Å². The molecule has 1 saturated heterocycles. The SMILES string of the molecule is COC(=O)c1coc(S(=O)(=O)N2C(C(=O)O)CC3CCCCC32)c1. The van der Waals surface area contributed by atoms with E-state index in [0.717, 1.165) is 35.9 Å². The lowest BCUT2D eigenvalue weighted by Gasteiger charge is -2.31. The molecule has 1 aliphatic carbocycles. The summed E-state index contributed by atoms with van der Waals surface area (Å²) in [6.45, 7) is 0. The van der Waals surface area contributed by atoms with Crippen LogP contribution >= 0.6 is 0 Å². The molecule has 3 unspecified atom stereocenters. The van der Waals surface area contributed by atoms with Crippen molar-refractivity contribution in [2.24, 2.45) is 5.92 Å². The van der Waals surface area contributed by atoms with Crippen molar-refractivity contribution in [3.63, 3.8) is 0 Å². The predicted octanol–water partition coefficient (Wildman–Crippen LogP) is 1.47. The largest absolute Gasteiger partial charge is 0.480 e. The van der Waals surface area contributed by atoms with Crippen LogP contribution in [-0.2, 0) is 19.6 Å². The Bertz CT molecular complexity index is 754. The third kappa shape index (κ3) is 2.71. The first-order chi connectivity index (χ1) is 11.4. The number of sulfonamides is 1. The molecule has 0 radical (unpaired) electrons. The standard InChI is InChI=1S/C15H19NO7S/c1-22-15(19)10-7-13(23-8-10)24(20,21)16-11-5-3-2-4-9(11)6-12(16)14(17)18/h7-9,11-12H,2-6H2,1H3,(H,17,18). The van der Waals surface area contributed by atoms with Gasteiger partial charge in [0.1, 0.15) is 12.3 Å². The number of rotatable bonds is 4. The van der Waals surface area contributed by atoms with E-state index in [2.05, 4.69) is 4.74 Å². The Morgan fingerprint density at radius 3 is 2.71 bits per heavy atom.